The zero-order valence-corrected chi connectivity index (χ0v) is 18.7. The topological polar surface area (TPSA) is 49.4 Å². The van der Waals surface area contributed by atoms with Crippen LogP contribution in [-0.2, 0) is 22.9 Å². The largest absolute Gasteiger partial charge is 0.296 e. The van der Waals surface area contributed by atoms with Gasteiger partial charge in [0.2, 0.25) is 10.0 Å². The maximum atomic E-state index is 13.4. The summed E-state index contributed by atoms with van der Waals surface area (Å²) >= 11 is 5.77. The monoisotopic (exact) mass is 476 g/mol. The van der Waals surface area contributed by atoms with E-state index in [9.17, 15) is 17.2 Å². The molecule has 1 atom stereocenters. The zero-order valence-electron chi connectivity index (χ0n) is 16.3. The molecule has 4 rings (SSSR count). The first-order valence-electron chi connectivity index (χ1n) is 9.86. The van der Waals surface area contributed by atoms with Gasteiger partial charge < -0.3 is 0 Å². The lowest BCUT2D eigenvalue weighted by molar-refractivity contribution is 0.182. The Balaban J connectivity index is 0.00000256. The van der Waals surface area contributed by atoms with E-state index in [0.29, 0.717) is 24.6 Å². The molecule has 0 aromatic heterocycles. The molecule has 0 spiro atoms. The second kappa shape index (κ2) is 9.49. The minimum absolute atomic E-state index is 0. The standard InChI is InChI=1S/C21H23ClF2N2O2S.ClH/c22-16-12-17(23)18(24)13-20(16)29(27,28)25-9-1-2-10-26-11-8-15-5-3-4-14-6-7-19(26)21(14)15;/h3-5,12-13,19,25H,1-2,6-11H2;1H. The number of rotatable bonds is 7. The van der Waals surface area contributed by atoms with Crippen LogP contribution in [0, 0.1) is 11.6 Å². The lowest BCUT2D eigenvalue weighted by Crippen LogP contribution is -2.35. The van der Waals surface area contributed by atoms with Crippen LogP contribution in [0.15, 0.2) is 35.2 Å². The van der Waals surface area contributed by atoms with Gasteiger partial charge in [-0.15, -0.1) is 12.4 Å². The molecule has 1 aliphatic heterocycles. The van der Waals surface area contributed by atoms with E-state index in [2.05, 4.69) is 27.8 Å². The summed E-state index contributed by atoms with van der Waals surface area (Å²) in [6.45, 7) is 2.15. The number of nitrogens with one attached hydrogen (secondary N) is 1. The number of halogens is 4. The highest BCUT2D eigenvalue weighted by molar-refractivity contribution is 7.89. The summed E-state index contributed by atoms with van der Waals surface area (Å²) in [6.07, 6.45) is 4.83. The van der Waals surface area contributed by atoms with Gasteiger partial charge in [-0.2, -0.15) is 0 Å². The van der Waals surface area contributed by atoms with Gasteiger partial charge in [0, 0.05) is 19.1 Å². The van der Waals surface area contributed by atoms with Crippen molar-refractivity contribution in [1.82, 2.24) is 9.62 Å². The minimum Gasteiger partial charge on any atom is -0.296 e. The number of sulfonamides is 1. The third-order valence-corrected chi connectivity index (χ3v) is 7.77. The molecule has 0 saturated heterocycles. The average molecular weight is 477 g/mol. The highest BCUT2D eigenvalue weighted by atomic mass is 35.5. The van der Waals surface area contributed by atoms with Crippen LogP contribution in [-0.4, -0.2) is 33.0 Å². The summed E-state index contributed by atoms with van der Waals surface area (Å²) in [5, 5.41) is -0.333. The van der Waals surface area contributed by atoms with E-state index in [-0.39, 0.29) is 24.0 Å². The fraction of sp³-hybridized carbons (Fsp3) is 0.429. The highest BCUT2D eigenvalue weighted by Crippen LogP contribution is 2.41. The summed E-state index contributed by atoms with van der Waals surface area (Å²) in [5.41, 5.74) is 4.44. The molecule has 30 heavy (non-hydrogen) atoms. The molecule has 9 heteroatoms. The third-order valence-electron chi connectivity index (χ3n) is 5.84. The molecule has 1 N–H and O–H groups in total. The summed E-state index contributed by atoms with van der Waals surface area (Å²) in [5.74, 6) is -2.41. The number of hydrogen-bond donors (Lipinski definition) is 1. The van der Waals surface area contributed by atoms with Gasteiger partial charge >= 0.3 is 0 Å². The highest BCUT2D eigenvalue weighted by Gasteiger charge is 2.32. The molecule has 1 heterocycles. The molecule has 1 aliphatic carbocycles. The van der Waals surface area contributed by atoms with E-state index >= 15 is 0 Å². The lowest BCUT2D eigenvalue weighted by Gasteiger charge is -2.35. The summed E-state index contributed by atoms with van der Waals surface area (Å²) in [4.78, 5) is 2.06. The van der Waals surface area contributed by atoms with Crippen LogP contribution < -0.4 is 4.72 Å². The Kier molecular flexibility index (Phi) is 7.40. The molecular formula is C21H24Cl2F2N2O2S. The maximum absolute atomic E-state index is 13.4. The average Bonchev–Trinajstić information content (AvgIpc) is 3.12. The fourth-order valence-corrected chi connectivity index (χ4v) is 6.05. The number of aryl methyl sites for hydroxylation is 1. The molecule has 2 aromatic carbocycles. The quantitative estimate of drug-likeness (QED) is 0.467. The third kappa shape index (κ3) is 4.65. The fourth-order valence-electron chi connectivity index (χ4n) is 4.45. The molecule has 0 amide bonds. The van der Waals surface area contributed by atoms with E-state index in [1.54, 1.807) is 0 Å². The van der Waals surface area contributed by atoms with Crippen molar-refractivity contribution in [1.29, 1.82) is 0 Å². The van der Waals surface area contributed by atoms with Gasteiger partial charge in [0.25, 0.3) is 0 Å². The van der Waals surface area contributed by atoms with Crippen molar-refractivity contribution in [2.45, 2.75) is 43.0 Å². The molecule has 1 unspecified atom stereocenters. The van der Waals surface area contributed by atoms with Crippen molar-refractivity contribution < 1.29 is 17.2 Å². The minimum atomic E-state index is -3.98. The van der Waals surface area contributed by atoms with Crippen molar-refractivity contribution in [3.8, 4) is 0 Å². The molecule has 4 nitrogen and oxygen atoms in total. The van der Waals surface area contributed by atoms with Gasteiger partial charge in [-0.1, -0.05) is 29.8 Å². The molecular weight excluding hydrogens is 453 g/mol. The van der Waals surface area contributed by atoms with Crippen molar-refractivity contribution >= 4 is 34.0 Å². The number of benzene rings is 2. The summed E-state index contributed by atoms with van der Waals surface area (Å²) in [7, 11) is -3.98. The Morgan fingerprint density at radius 3 is 2.57 bits per heavy atom. The van der Waals surface area contributed by atoms with E-state index < -0.39 is 26.6 Å². The number of unbranched alkanes of at least 4 members (excludes halogenated alkanes) is 1. The molecule has 164 valence electrons. The van der Waals surface area contributed by atoms with Crippen molar-refractivity contribution in [3.63, 3.8) is 0 Å². The smallest absolute Gasteiger partial charge is 0.242 e. The number of hydrogen-bond acceptors (Lipinski definition) is 3. The molecule has 0 fully saturated rings. The van der Waals surface area contributed by atoms with Crippen LogP contribution in [0.1, 0.15) is 42.0 Å². The van der Waals surface area contributed by atoms with Crippen LogP contribution in [0.2, 0.25) is 5.02 Å². The first kappa shape index (κ1) is 23.4. The van der Waals surface area contributed by atoms with Gasteiger partial charge in [0.05, 0.1) is 5.02 Å². The molecule has 2 aromatic rings. The molecule has 0 bridgehead atoms. The van der Waals surface area contributed by atoms with E-state index in [4.69, 9.17) is 11.6 Å². The van der Waals surface area contributed by atoms with E-state index in [1.165, 1.54) is 16.7 Å². The van der Waals surface area contributed by atoms with Crippen LogP contribution in [0.4, 0.5) is 8.78 Å². The van der Waals surface area contributed by atoms with Gasteiger partial charge in [0.1, 0.15) is 4.90 Å². The van der Waals surface area contributed by atoms with Crippen LogP contribution in [0.25, 0.3) is 0 Å². The Bertz CT molecular complexity index is 1030. The zero-order chi connectivity index (χ0) is 20.6. The molecule has 2 aliphatic rings. The number of nitrogens with zero attached hydrogens (tertiary/aromatic N) is 1. The Morgan fingerprint density at radius 1 is 1.10 bits per heavy atom. The van der Waals surface area contributed by atoms with E-state index in [1.807, 2.05) is 0 Å². The van der Waals surface area contributed by atoms with Gasteiger partial charge in [0.15, 0.2) is 11.6 Å². The van der Waals surface area contributed by atoms with Crippen LogP contribution in [0.5, 0.6) is 0 Å². The van der Waals surface area contributed by atoms with Crippen molar-refractivity contribution in [3.05, 3.63) is 63.7 Å². The second-order valence-electron chi connectivity index (χ2n) is 7.63. The first-order chi connectivity index (χ1) is 13.9. The van der Waals surface area contributed by atoms with Crippen LogP contribution >= 0.6 is 24.0 Å². The lowest BCUT2D eigenvalue weighted by atomic mass is 9.93. The summed E-state index contributed by atoms with van der Waals surface area (Å²) in [6, 6.07) is 8.37. The van der Waals surface area contributed by atoms with Crippen molar-refractivity contribution in [2.75, 3.05) is 19.6 Å². The van der Waals surface area contributed by atoms with E-state index in [0.717, 1.165) is 38.8 Å². The second-order valence-corrected chi connectivity index (χ2v) is 9.77. The predicted octanol–water partition coefficient (Wildman–Crippen LogP) is 4.64. The molecule has 0 radical (unpaired) electrons. The normalized spacial score (nSPS) is 18.2. The molecule has 0 saturated carbocycles. The Morgan fingerprint density at radius 2 is 1.80 bits per heavy atom. The summed E-state index contributed by atoms with van der Waals surface area (Å²) < 4.78 is 53.6. The maximum Gasteiger partial charge on any atom is 0.242 e. The first-order valence-corrected chi connectivity index (χ1v) is 11.7. The van der Waals surface area contributed by atoms with Gasteiger partial charge in [-0.3, -0.25) is 4.90 Å². The Labute approximate surface area is 187 Å². The van der Waals surface area contributed by atoms with Crippen molar-refractivity contribution in [2.24, 2.45) is 0 Å². The SMILES string of the molecule is Cl.O=S(=O)(NCCCCN1CCc2cccc3c2C1CC3)c1cc(F)c(F)cc1Cl. The van der Waals surface area contributed by atoms with Gasteiger partial charge in [-0.25, -0.2) is 21.9 Å². The van der Waals surface area contributed by atoms with Crippen LogP contribution in [0.3, 0.4) is 0 Å². The van der Waals surface area contributed by atoms with Gasteiger partial charge in [-0.05, 0) is 67.5 Å². The predicted molar refractivity (Wildman–Crippen MR) is 116 cm³/mol. The Hall–Kier alpha value is -1.25.